The third-order valence-electron chi connectivity index (χ3n) is 4.30. The monoisotopic (exact) mass is 323 g/mol. The molecule has 0 aliphatic heterocycles. The van der Waals surface area contributed by atoms with Crippen LogP contribution < -0.4 is 4.74 Å². The molecule has 1 aliphatic carbocycles. The smallest absolute Gasteiger partial charge is 0.311 e. The third-order valence-corrected chi connectivity index (χ3v) is 4.30. The first kappa shape index (κ1) is 16.4. The van der Waals surface area contributed by atoms with Gasteiger partial charge < -0.3 is 4.74 Å². The van der Waals surface area contributed by atoms with E-state index in [1.807, 2.05) is 18.2 Å². The Morgan fingerprint density at radius 1 is 1.08 bits per heavy atom. The van der Waals surface area contributed by atoms with Gasteiger partial charge in [0.05, 0.1) is 0 Å². The molecule has 0 fully saturated rings. The number of aromatic nitrogens is 1. The molecule has 4 nitrogen and oxygen atoms in total. The fourth-order valence-corrected chi connectivity index (χ4v) is 3.02. The molecule has 4 heteroatoms. The number of esters is 1. The average molecular weight is 323 g/mol. The van der Waals surface area contributed by atoms with E-state index in [2.05, 4.69) is 4.98 Å². The minimum Gasteiger partial charge on any atom is -0.427 e. The van der Waals surface area contributed by atoms with Gasteiger partial charge >= 0.3 is 5.97 Å². The van der Waals surface area contributed by atoms with E-state index >= 15 is 0 Å². The number of Topliss-reactive ketones (excluding diaryl/α,β-unsaturated/α-hetero) is 1. The van der Waals surface area contributed by atoms with Crippen LogP contribution in [0, 0.1) is 0 Å². The van der Waals surface area contributed by atoms with Crippen molar-refractivity contribution in [3.05, 3.63) is 59.4 Å². The van der Waals surface area contributed by atoms with E-state index < -0.39 is 0 Å². The zero-order chi connectivity index (χ0) is 16.8. The Morgan fingerprint density at radius 3 is 2.71 bits per heavy atom. The van der Waals surface area contributed by atoms with Crippen LogP contribution in [0.5, 0.6) is 5.75 Å². The number of benzene rings is 1. The Labute approximate surface area is 141 Å². The highest BCUT2D eigenvalue weighted by molar-refractivity contribution is 5.98. The molecule has 0 N–H and O–H groups in total. The molecule has 0 saturated carbocycles. The van der Waals surface area contributed by atoms with Gasteiger partial charge in [-0.3, -0.25) is 14.6 Å². The van der Waals surface area contributed by atoms with Gasteiger partial charge in [0.15, 0.2) is 5.78 Å². The van der Waals surface area contributed by atoms with Gasteiger partial charge in [-0.1, -0.05) is 0 Å². The van der Waals surface area contributed by atoms with Crippen LogP contribution in [0.4, 0.5) is 0 Å². The summed E-state index contributed by atoms with van der Waals surface area (Å²) in [7, 11) is 0. The number of nitrogens with zero attached hydrogens (tertiary/aromatic N) is 1. The second kappa shape index (κ2) is 7.86. The molecule has 1 aromatic heterocycles. The number of ether oxygens (including phenoxy) is 1. The van der Waals surface area contributed by atoms with Crippen molar-refractivity contribution in [2.24, 2.45) is 0 Å². The van der Waals surface area contributed by atoms with E-state index in [1.54, 1.807) is 24.5 Å². The molecule has 2 aromatic rings. The highest BCUT2D eigenvalue weighted by atomic mass is 16.5. The maximum atomic E-state index is 12.0. The summed E-state index contributed by atoms with van der Waals surface area (Å²) in [6.07, 6.45) is 8.87. The summed E-state index contributed by atoms with van der Waals surface area (Å²) in [5, 5.41) is 0. The van der Waals surface area contributed by atoms with Crippen molar-refractivity contribution < 1.29 is 14.3 Å². The SMILES string of the molecule is O=C(CCCc1ccncc1)Oc1ccc2c(c1)CCCCC2=O. The Morgan fingerprint density at radius 2 is 1.88 bits per heavy atom. The summed E-state index contributed by atoms with van der Waals surface area (Å²) in [6.45, 7) is 0. The van der Waals surface area contributed by atoms with Gasteiger partial charge in [0.25, 0.3) is 0 Å². The first-order valence-corrected chi connectivity index (χ1v) is 8.48. The lowest BCUT2D eigenvalue weighted by molar-refractivity contribution is -0.134. The van der Waals surface area contributed by atoms with Crippen molar-refractivity contribution >= 4 is 11.8 Å². The normalized spacial score (nSPS) is 13.9. The lowest BCUT2D eigenvalue weighted by Gasteiger charge is -2.09. The van der Waals surface area contributed by atoms with Gasteiger partial charge in [-0.25, -0.2) is 0 Å². The molecule has 124 valence electrons. The van der Waals surface area contributed by atoms with E-state index in [-0.39, 0.29) is 11.8 Å². The molecular weight excluding hydrogens is 302 g/mol. The first-order valence-electron chi connectivity index (χ1n) is 8.48. The van der Waals surface area contributed by atoms with Gasteiger partial charge in [-0.2, -0.15) is 0 Å². The van der Waals surface area contributed by atoms with Crippen LogP contribution in [0.3, 0.4) is 0 Å². The van der Waals surface area contributed by atoms with Gasteiger partial charge in [0, 0.05) is 30.8 Å². The summed E-state index contributed by atoms with van der Waals surface area (Å²) in [5.41, 5.74) is 2.95. The molecule has 0 radical (unpaired) electrons. The van der Waals surface area contributed by atoms with Crippen molar-refractivity contribution in [3.63, 3.8) is 0 Å². The topological polar surface area (TPSA) is 56.3 Å². The summed E-state index contributed by atoms with van der Waals surface area (Å²) >= 11 is 0. The quantitative estimate of drug-likeness (QED) is 0.475. The van der Waals surface area contributed by atoms with E-state index in [9.17, 15) is 9.59 Å². The average Bonchev–Trinajstić information content (AvgIpc) is 2.77. The molecule has 3 rings (SSSR count). The van der Waals surface area contributed by atoms with Gasteiger partial charge in [-0.05, 0) is 73.6 Å². The largest absolute Gasteiger partial charge is 0.427 e. The minimum absolute atomic E-state index is 0.192. The molecular formula is C20H21NO3. The molecule has 0 saturated heterocycles. The Bertz CT molecular complexity index is 725. The second-order valence-corrected chi connectivity index (χ2v) is 6.13. The van der Waals surface area contributed by atoms with Crippen LogP contribution >= 0.6 is 0 Å². The third kappa shape index (κ3) is 4.28. The van der Waals surface area contributed by atoms with Gasteiger partial charge in [-0.15, -0.1) is 0 Å². The zero-order valence-corrected chi connectivity index (χ0v) is 13.7. The maximum Gasteiger partial charge on any atom is 0.311 e. The lowest BCUT2D eigenvalue weighted by atomic mass is 10.0. The molecule has 1 aromatic carbocycles. The number of hydrogen-bond acceptors (Lipinski definition) is 4. The van der Waals surface area contributed by atoms with Crippen LogP contribution in [0.15, 0.2) is 42.7 Å². The van der Waals surface area contributed by atoms with Gasteiger partial charge in [0.1, 0.15) is 5.75 Å². The number of fused-ring (bicyclic) bond motifs is 1. The van der Waals surface area contributed by atoms with Crippen LogP contribution in [0.2, 0.25) is 0 Å². The Hall–Kier alpha value is -2.49. The molecule has 24 heavy (non-hydrogen) atoms. The standard InChI is InChI=1S/C20H21NO3/c22-19-6-2-1-5-16-14-17(8-9-18(16)19)24-20(23)7-3-4-15-10-12-21-13-11-15/h8-14H,1-7H2. The molecule has 1 aliphatic rings. The maximum absolute atomic E-state index is 12.0. The fourth-order valence-electron chi connectivity index (χ4n) is 3.02. The second-order valence-electron chi connectivity index (χ2n) is 6.13. The van der Waals surface area contributed by atoms with Crippen LogP contribution in [0.25, 0.3) is 0 Å². The lowest BCUT2D eigenvalue weighted by Crippen LogP contribution is -2.09. The van der Waals surface area contributed by atoms with Gasteiger partial charge in [0.2, 0.25) is 0 Å². The van der Waals surface area contributed by atoms with E-state index in [0.717, 1.165) is 43.2 Å². The predicted molar refractivity (Wildman–Crippen MR) is 91.1 cm³/mol. The first-order chi connectivity index (χ1) is 11.7. The van der Waals surface area contributed by atoms with Crippen molar-refractivity contribution in [2.45, 2.75) is 44.9 Å². The summed E-state index contributed by atoms with van der Waals surface area (Å²) < 4.78 is 5.43. The van der Waals surface area contributed by atoms with Crippen molar-refractivity contribution in [1.29, 1.82) is 0 Å². The summed E-state index contributed by atoms with van der Waals surface area (Å²) in [4.78, 5) is 28.0. The molecule has 0 spiro atoms. The fraction of sp³-hybridized carbons (Fsp3) is 0.350. The number of carbonyl (C=O) groups is 2. The predicted octanol–water partition coefficient (Wildman–Crippen LogP) is 3.92. The number of carbonyl (C=O) groups excluding carboxylic acids is 2. The molecule has 0 bridgehead atoms. The van der Waals surface area contributed by atoms with E-state index in [4.69, 9.17) is 4.74 Å². The Balaban J connectivity index is 1.55. The zero-order valence-electron chi connectivity index (χ0n) is 13.7. The van der Waals surface area contributed by atoms with E-state index in [0.29, 0.717) is 18.6 Å². The highest BCUT2D eigenvalue weighted by Gasteiger charge is 2.16. The summed E-state index contributed by atoms with van der Waals surface area (Å²) in [6, 6.07) is 9.27. The molecule has 0 atom stereocenters. The minimum atomic E-state index is -0.232. The number of ketones is 1. The van der Waals surface area contributed by atoms with Crippen molar-refractivity contribution in [3.8, 4) is 5.75 Å². The van der Waals surface area contributed by atoms with Crippen LogP contribution in [-0.4, -0.2) is 16.7 Å². The molecule has 0 unspecified atom stereocenters. The number of hydrogen-bond donors (Lipinski definition) is 0. The van der Waals surface area contributed by atoms with Crippen LogP contribution in [0.1, 0.15) is 53.6 Å². The number of rotatable bonds is 5. The molecule has 1 heterocycles. The number of pyridine rings is 1. The van der Waals surface area contributed by atoms with E-state index in [1.165, 1.54) is 5.56 Å². The van der Waals surface area contributed by atoms with Crippen LogP contribution in [-0.2, 0) is 17.6 Å². The highest BCUT2D eigenvalue weighted by Crippen LogP contribution is 2.25. The number of aryl methyl sites for hydroxylation is 2. The van der Waals surface area contributed by atoms with Crippen molar-refractivity contribution in [2.75, 3.05) is 0 Å². The van der Waals surface area contributed by atoms with Crippen molar-refractivity contribution in [1.82, 2.24) is 4.98 Å². The Kier molecular flexibility index (Phi) is 5.36. The summed E-state index contributed by atoms with van der Waals surface area (Å²) in [5.74, 6) is 0.499. The molecule has 0 amide bonds.